The van der Waals surface area contributed by atoms with Crippen molar-refractivity contribution in [2.75, 3.05) is 18.0 Å². The topological polar surface area (TPSA) is 66.5 Å². The van der Waals surface area contributed by atoms with Gasteiger partial charge in [0.25, 0.3) is 0 Å². The van der Waals surface area contributed by atoms with Gasteiger partial charge in [0.2, 0.25) is 15.9 Å². The van der Waals surface area contributed by atoms with E-state index < -0.39 is 10.0 Å². The van der Waals surface area contributed by atoms with E-state index in [1.165, 1.54) is 23.2 Å². The summed E-state index contributed by atoms with van der Waals surface area (Å²) < 4.78 is 27.3. The van der Waals surface area contributed by atoms with Crippen LogP contribution in [0.4, 0.5) is 5.69 Å². The lowest BCUT2D eigenvalue weighted by Crippen LogP contribution is -2.37. The summed E-state index contributed by atoms with van der Waals surface area (Å²) in [5.41, 5.74) is 1.58. The second-order valence-electron chi connectivity index (χ2n) is 5.36. The lowest BCUT2D eigenvalue weighted by molar-refractivity contribution is -0.116. The van der Waals surface area contributed by atoms with E-state index in [0.717, 1.165) is 16.1 Å². The Kier molecular flexibility index (Phi) is 6.03. The number of rotatable bonds is 6. The second kappa shape index (κ2) is 7.65. The van der Waals surface area contributed by atoms with Gasteiger partial charge in [0, 0.05) is 35.6 Å². The van der Waals surface area contributed by atoms with Crippen molar-refractivity contribution in [1.29, 1.82) is 0 Å². The number of anilines is 1. The standard InChI is InChI=1S/C16H19ClN2O3S2/c1-11-10-14(17)5-6-15(11)19(13(3)20)9-8-18-24(21,22)16-7-4-12(2)23-16/h4-7,10,18H,8-9H2,1-3H3. The number of amides is 1. The summed E-state index contributed by atoms with van der Waals surface area (Å²) in [7, 11) is -3.55. The molecule has 8 heteroatoms. The van der Waals surface area contributed by atoms with Gasteiger partial charge in [0.15, 0.2) is 0 Å². The number of benzene rings is 1. The summed E-state index contributed by atoms with van der Waals surface area (Å²) >= 11 is 7.16. The first-order chi connectivity index (χ1) is 11.2. The van der Waals surface area contributed by atoms with Crippen LogP contribution in [0.15, 0.2) is 34.5 Å². The van der Waals surface area contributed by atoms with Crippen LogP contribution >= 0.6 is 22.9 Å². The normalized spacial score (nSPS) is 11.5. The van der Waals surface area contributed by atoms with Crippen LogP contribution < -0.4 is 9.62 Å². The molecule has 0 saturated heterocycles. The molecule has 1 aromatic heterocycles. The molecule has 1 aromatic carbocycles. The van der Waals surface area contributed by atoms with Gasteiger partial charge in [-0.05, 0) is 49.7 Å². The van der Waals surface area contributed by atoms with Crippen molar-refractivity contribution < 1.29 is 13.2 Å². The fourth-order valence-corrected chi connectivity index (χ4v) is 4.86. The number of aryl methyl sites for hydroxylation is 2. The van der Waals surface area contributed by atoms with Crippen molar-refractivity contribution >= 4 is 44.6 Å². The first-order valence-corrected chi connectivity index (χ1v) is 9.99. The largest absolute Gasteiger partial charge is 0.311 e. The van der Waals surface area contributed by atoms with Crippen molar-refractivity contribution in [3.8, 4) is 0 Å². The molecule has 2 aromatic rings. The Labute approximate surface area is 151 Å². The van der Waals surface area contributed by atoms with Crippen LogP contribution in [0.3, 0.4) is 0 Å². The third-order valence-electron chi connectivity index (χ3n) is 3.44. The Morgan fingerprint density at radius 3 is 2.50 bits per heavy atom. The van der Waals surface area contributed by atoms with Gasteiger partial charge in [-0.2, -0.15) is 0 Å². The molecule has 1 N–H and O–H groups in total. The highest BCUT2D eigenvalue weighted by atomic mass is 35.5. The maximum atomic E-state index is 12.2. The molecule has 5 nitrogen and oxygen atoms in total. The van der Waals surface area contributed by atoms with Crippen LogP contribution in [-0.4, -0.2) is 27.4 Å². The van der Waals surface area contributed by atoms with Crippen molar-refractivity contribution in [3.05, 3.63) is 45.8 Å². The van der Waals surface area contributed by atoms with Gasteiger partial charge >= 0.3 is 0 Å². The molecule has 0 radical (unpaired) electrons. The number of nitrogens with one attached hydrogen (secondary N) is 1. The van der Waals surface area contributed by atoms with E-state index in [4.69, 9.17) is 11.6 Å². The third-order valence-corrected chi connectivity index (χ3v) is 6.63. The average Bonchev–Trinajstić information content (AvgIpc) is 2.92. The first kappa shape index (κ1) is 18.9. The van der Waals surface area contributed by atoms with Crippen LogP contribution in [0.25, 0.3) is 0 Å². The smallest absolute Gasteiger partial charge is 0.250 e. The van der Waals surface area contributed by atoms with Gasteiger partial charge in [0.05, 0.1) is 0 Å². The second-order valence-corrected chi connectivity index (χ2v) is 9.08. The van der Waals surface area contributed by atoms with Crippen molar-refractivity contribution in [3.63, 3.8) is 0 Å². The van der Waals surface area contributed by atoms with Crippen molar-refractivity contribution in [1.82, 2.24) is 4.72 Å². The van der Waals surface area contributed by atoms with E-state index in [2.05, 4.69) is 4.72 Å². The van der Waals surface area contributed by atoms with E-state index in [0.29, 0.717) is 5.02 Å². The van der Waals surface area contributed by atoms with E-state index in [1.807, 2.05) is 13.8 Å². The van der Waals surface area contributed by atoms with E-state index >= 15 is 0 Å². The molecule has 0 aliphatic carbocycles. The fourth-order valence-electron chi connectivity index (χ4n) is 2.29. The number of halogens is 1. The Bertz CT molecular complexity index is 847. The minimum Gasteiger partial charge on any atom is -0.311 e. The minimum absolute atomic E-state index is 0.126. The SMILES string of the molecule is CC(=O)N(CCNS(=O)(=O)c1ccc(C)s1)c1ccc(Cl)cc1C. The first-order valence-electron chi connectivity index (χ1n) is 7.31. The van der Waals surface area contributed by atoms with Crippen LogP contribution in [0, 0.1) is 13.8 Å². The van der Waals surface area contributed by atoms with Gasteiger partial charge in [-0.3, -0.25) is 4.79 Å². The Hall–Kier alpha value is -1.41. The molecule has 0 aliphatic heterocycles. The number of hydrogen-bond acceptors (Lipinski definition) is 4. The van der Waals surface area contributed by atoms with E-state index in [-0.39, 0.29) is 23.2 Å². The molecule has 130 valence electrons. The highest BCUT2D eigenvalue weighted by Crippen LogP contribution is 2.24. The molecule has 0 fully saturated rings. The Morgan fingerprint density at radius 2 is 1.96 bits per heavy atom. The minimum atomic E-state index is -3.55. The molecule has 0 aliphatic rings. The lowest BCUT2D eigenvalue weighted by atomic mass is 10.2. The summed E-state index contributed by atoms with van der Waals surface area (Å²) in [4.78, 5) is 14.4. The summed E-state index contributed by atoms with van der Waals surface area (Å²) in [6, 6.07) is 8.58. The molecule has 0 bridgehead atoms. The number of thiophene rings is 1. The highest BCUT2D eigenvalue weighted by Gasteiger charge is 2.18. The molecule has 0 saturated carbocycles. The fraction of sp³-hybridized carbons (Fsp3) is 0.312. The summed E-state index contributed by atoms with van der Waals surface area (Å²) in [5, 5.41) is 0.591. The molecule has 1 heterocycles. The molecular formula is C16H19ClN2O3S2. The third kappa shape index (κ3) is 4.57. The molecular weight excluding hydrogens is 368 g/mol. The zero-order valence-corrected chi connectivity index (χ0v) is 16.1. The van der Waals surface area contributed by atoms with Crippen molar-refractivity contribution in [2.45, 2.75) is 25.0 Å². The number of carbonyl (C=O) groups excluding carboxylic acids is 1. The molecule has 2 rings (SSSR count). The quantitative estimate of drug-likeness (QED) is 0.827. The number of sulfonamides is 1. The molecule has 24 heavy (non-hydrogen) atoms. The zero-order chi connectivity index (χ0) is 17.9. The van der Waals surface area contributed by atoms with E-state index in [1.54, 1.807) is 30.3 Å². The maximum Gasteiger partial charge on any atom is 0.250 e. The van der Waals surface area contributed by atoms with Crippen LogP contribution in [0.5, 0.6) is 0 Å². The Morgan fingerprint density at radius 1 is 1.25 bits per heavy atom. The highest BCUT2D eigenvalue weighted by molar-refractivity contribution is 7.91. The predicted octanol–water partition coefficient (Wildman–Crippen LogP) is 3.35. The average molecular weight is 387 g/mol. The summed E-state index contributed by atoms with van der Waals surface area (Å²) in [6.45, 7) is 5.52. The van der Waals surface area contributed by atoms with Crippen LogP contribution in [-0.2, 0) is 14.8 Å². The zero-order valence-electron chi connectivity index (χ0n) is 13.7. The molecule has 0 spiro atoms. The molecule has 1 amide bonds. The molecule has 0 atom stereocenters. The van der Waals surface area contributed by atoms with Gasteiger partial charge < -0.3 is 4.90 Å². The predicted molar refractivity (Wildman–Crippen MR) is 98.5 cm³/mol. The number of carbonyl (C=O) groups is 1. The van der Waals surface area contributed by atoms with Gasteiger partial charge in [-0.15, -0.1) is 11.3 Å². The van der Waals surface area contributed by atoms with Gasteiger partial charge in [-0.1, -0.05) is 11.6 Å². The Balaban J connectivity index is 2.08. The number of nitrogens with zero attached hydrogens (tertiary/aromatic N) is 1. The van der Waals surface area contributed by atoms with Gasteiger partial charge in [0.1, 0.15) is 4.21 Å². The van der Waals surface area contributed by atoms with Crippen LogP contribution in [0.2, 0.25) is 5.02 Å². The maximum absolute atomic E-state index is 12.2. The van der Waals surface area contributed by atoms with Gasteiger partial charge in [-0.25, -0.2) is 13.1 Å². The molecule has 0 unspecified atom stereocenters. The number of hydrogen-bond donors (Lipinski definition) is 1. The lowest BCUT2D eigenvalue weighted by Gasteiger charge is -2.23. The van der Waals surface area contributed by atoms with Crippen LogP contribution in [0.1, 0.15) is 17.4 Å². The monoisotopic (exact) mass is 386 g/mol. The summed E-state index contributed by atoms with van der Waals surface area (Å²) in [6.07, 6.45) is 0. The van der Waals surface area contributed by atoms with Crippen molar-refractivity contribution in [2.24, 2.45) is 0 Å². The summed E-state index contributed by atoms with van der Waals surface area (Å²) in [5.74, 6) is -0.161. The van der Waals surface area contributed by atoms with E-state index in [9.17, 15) is 13.2 Å².